The summed E-state index contributed by atoms with van der Waals surface area (Å²) in [7, 11) is 0. The van der Waals surface area contributed by atoms with Crippen LogP contribution in [0.5, 0.6) is 0 Å². The zero-order valence-electron chi connectivity index (χ0n) is 22.4. The summed E-state index contributed by atoms with van der Waals surface area (Å²) in [5, 5.41) is 18.2. The summed E-state index contributed by atoms with van der Waals surface area (Å²) < 4.78 is 9.37. The normalized spacial score (nSPS) is 17.9. The Hall–Kier alpha value is -4.80. The van der Waals surface area contributed by atoms with Crippen molar-refractivity contribution in [1.82, 2.24) is 8.75 Å². The van der Waals surface area contributed by atoms with Gasteiger partial charge in [0.05, 0.1) is 11.7 Å². The van der Waals surface area contributed by atoms with E-state index in [1.54, 1.807) is 6.07 Å². The van der Waals surface area contributed by atoms with Crippen LogP contribution in [0.4, 0.5) is 11.4 Å². The van der Waals surface area contributed by atoms with Gasteiger partial charge in [-0.2, -0.15) is 14.0 Å². The Kier molecular flexibility index (Phi) is 6.14. The van der Waals surface area contributed by atoms with Crippen LogP contribution in [0.25, 0.3) is 39.4 Å². The summed E-state index contributed by atoms with van der Waals surface area (Å²) in [6, 6.07) is 29.7. The molecule has 5 aromatic rings. The molecular formula is C34H26N4O2S. The molecule has 0 bridgehead atoms. The van der Waals surface area contributed by atoms with Crippen molar-refractivity contribution >= 4 is 46.2 Å². The molecule has 1 aliphatic carbocycles. The molecule has 2 atom stereocenters. The van der Waals surface area contributed by atoms with Crippen molar-refractivity contribution in [2.75, 3.05) is 4.90 Å². The van der Waals surface area contributed by atoms with Crippen LogP contribution in [-0.4, -0.2) is 25.9 Å². The lowest BCUT2D eigenvalue weighted by atomic mass is 9.92. The molecule has 2 heterocycles. The molecule has 0 amide bonds. The zero-order valence-corrected chi connectivity index (χ0v) is 23.2. The van der Waals surface area contributed by atoms with Gasteiger partial charge in [-0.05, 0) is 72.4 Å². The first-order chi connectivity index (χ1) is 20.0. The minimum Gasteiger partial charge on any atom is -0.477 e. The van der Waals surface area contributed by atoms with E-state index in [2.05, 4.69) is 70.8 Å². The minimum absolute atomic E-state index is 0.298. The molecule has 4 aromatic carbocycles. The first-order valence-corrected chi connectivity index (χ1v) is 14.5. The molecule has 1 aromatic heterocycles. The summed E-state index contributed by atoms with van der Waals surface area (Å²) in [5.74, 6) is -0.704. The molecule has 7 rings (SSSR count). The quantitative estimate of drug-likeness (QED) is 0.174. The first kappa shape index (κ1) is 25.2. The van der Waals surface area contributed by atoms with Gasteiger partial charge in [0.2, 0.25) is 0 Å². The van der Waals surface area contributed by atoms with Crippen LogP contribution in [0, 0.1) is 18.3 Å². The highest BCUT2D eigenvalue weighted by atomic mass is 32.1. The van der Waals surface area contributed by atoms with E-state index in [1.807, 2.05) is 24.3 Å². The Morgan fingerprint density at radius 3 is 2.32 bits per heavy atom. The molecule has 6 nitrogen and oxygen atoms in total. The average Bonchev–Trinajstić information content (AvgIpc) is 3.73. The number of aryl methyl sites for hydroxylation is 1. The molecule has 1 fully saturated rings. The Morgan fingerprint density at radius 1 is 0.951 bits per heavy atom. The number of carboxylic acid groups (broad SMARTS) is 1. The number of aromatic nitrogens is 2. The highest BCUT2D eigenvalue weighted by molar-refractivity contribution is 7.00. The number of fused-ring (bicyclic) bond motifs is 4. The number of carboxylic acids is 1. The third-order valence-corrected chi connectivity index (χ3v) is 8.95. The Labute approximate surface area is 242 Å². The maximum absolute atomic E-state index is 11.2. The van der Waals surface area contributed by atoms with E-state index in [0.717, 1.165) is 33.3 Å². The van der Waals surface area contributed by atoms with E-state index in [9.17, 15) is 4.79 Å². The van der Waals surface area contributed by atoms with Crippen molar-refractivity contribution in [3.63, 3.8) is 0 Å². The van der Waals surface area contributed by atoms with Gasteiger partial charge in [0, 0.05) is 34.5 Å². The van der Waals surface area contributed by atoms with Gasteiger partial charge in [0.1, 0.15) is 22.7 Å². The van der Waals surface area contributed by atoms with Crippen LogP contribution >= 0.6 is 11.7 Å². The van der Waals surface area contributed by atoms with Gasteiger partial charge in [0.25, 0.3) is 0 Å². The van der Waals surface area contributed by atoms with Crippen LogP contribution in [0.3, 0.4) is 0 Å². The third kappa shape index (κ3) is 4.28. The van der Waals surface area contributed by atoms with Crippen molar-refractivity contribution in [2.45, 2.75) is 38.1 Å². The predicted molar refractivity (Wildman–Crippen MR) is 163 cm³/mol. The van der Waals surface area contributed by atoms with E-state index in [-0.39, 0.29) is 5.57 Å². The molecule has 0 saturated heterocycles. The number of nitriles is 1. The minimum atomic E-state index is -1.24. The average molecular weight is 555 g/mol. The molecule has 0 radical (unpaired) electrons. The van der Waals surface area contributed by atoms with Gasteiger partial charge in [-0.15, -0.1) is 0 Å². The number of hydrogen-bond acceptors (Lipinski definition) is 6. The van der Waals surface area contributed by atoms with Crippen LogP contribution in [0.15, 0.2) is 84.4 Å². The van der Waals surface area contributed by atoms with E-state index in [4.69, 9.17) is 14.7 Å². The van der Waals surface area contributed by atoms with Crippen LogP contribution < -0.4 is 4.90 Å². The highest BCUT2D eigenvalue weighted by Gasteiger charge is 2.42. The number of benzene rings is 4. The lowest BCUT2D eigenvalue weighted by Crippen LogP contribution is -2.26. The molecule has 2 unspecified atom stereocenters. The summed E-state index contributed by atoms with van der Waals surface area (Å²) in [6.45, 7) is 2.13. The predicted octanol–water partition coefficient (Wildman–Crippen LogP) is 8.11. The summed E-state index contributed by atoms with van der Waals surface area (Å²) in [6.07, 6.45) is 5.04. The standard InChI is InChI=1S/C34H26N4O2S/c1-20-5-12-25(13-6-20)38-30-4-2-3-28(30)29-18-23(11-16-31(29)38)27-15-14-26(32-33(27)37-41-36-32)22-9-7-21(8-10-22)17-24(19-35)34(39)40/h5-18,28,30H,2-4H2,1H3,(H,39,40)/b24-17-. The van der Waals surface area contributed by atoms with E-state index in [0.29, 0.717) is 17.5 Å². The summed E-state index contributed by atoms with van der Waals surface area (Å²) in [4.78, 5) is 13.7. The van der Waals surface area contributed by atoms with Gasteiger partial charge in [-0.1, -0.05) is 66.6 Å². The van der Waals surface area contributed by atoms with Gasteiger partial charge in [-0.25, -0.2) is 4.79 Å². The molecule has 1 saturated carbocycles. The van der Waals surface area contributed by atoms with Crippen molar-refractivity contribution in [2.24, 2.45) is 0 Å². The fourth-order valence-electron chi connectivity index (χ4n) is 6.47. The topological polar surface area (TPSA) is 90.1 Å². The first-order valence-electron chi connectivity index (χ1n) is 13.7. The molecule has 1 N–H and O–H groups in total. The van der Waals surface area contributed by atoms with Crippen molar-refractivity contribution in [1.29, 1.82) is 5.26 Å². The Morgan fingerprint density at radius 2 is 1.63 bits per heavy atom. The monoisotopic (exact) mass is 554 g/mol. The summed E-state index contributed by atoms with van der Waals surface area (Å²) >= 11 is 1.21. The number of hydrogen-bond donors (Lipinski definition) is 1. The molecule has 200 valence electrons. The fourth-order valence-corrected chi connectivity index (χ4v) is 7.04. The van der Waals surface area contributed by atoms with Gasteiger partial charge < -0.3 is 10.0 Å². The number of aliphatic carboxylic acids is 1. The largest absolute Gasteiger partial charge is 0.477 e. The van der Waals surface area contributed by atoms with Crippen molar-refractivity contribution in [3.05, 3.63) is 101 Å². The smallest absolute Gasteiger partial charge is 0.346 e. The molecular weight excluding hydrogens is 528 g/mol. The second-order valence-electron chi connectivity index (χ2n) is 10.8. The molecule has 0 spiro atoms. The van der Waals surface area contributed by atoms with E-state index < -0.39 is 5.97 Å². The maximum atomic E-state index is 11.2. The molecule has 2 aliphatic rings. The van der Waals surface area contributed by atoms with E-state index >= 15 is 0 Å². The Bertz CT molecular complexity index is 1880. The number of anilines is 2. The second kappa shape index (κ2) is 9.99. The SMILES string of the molecule is Cc1ccc(N2c3ccc(-c4ccc(-c5ccc(/C=C(/C#N)C(=O)O)cc5)c5nsnc45)cc3C3CCCC32)cc1. The maximum Gasteiger partial charge on any atom is 0.346 e. The number of rotatable bonds is 5. The number of nitrogens with zero attached hydrogens (tertiary/aromatic N) is 4. The fraction of sp³-hybridized carbons (Fsp3) is 0.176. The van der Waals surface area contributed by atoms with Crippen LogP contribution in [-0.2, 0) is 4.79 Å². The van der Waals surface area contributed by atoms with Crippen molar-refractivity contribution < 1.29 is 9.90 Å². The summed E-state index contributed by atoms with van der Waals surface area (Å²) in [5.41, 5.74) is 11.5. The number of carbonyl (C=O) groups is 1. The van der Waals surface area contributed by atoms with Crippen LogP contribution in [0.2, 0.25) is 0 Å². The van der Waals surface area contributed by atoms with Gasteiger partial charge >= 0.3 is 5.97 Å². The van der Waals surface area contributed by atoms with Crippen molar-refractivity contribution in [3.8, 4) is 28.3 Å². The molecule has 41 heavy (non-hydrogen) atoms. The van der Waals surface area contributed by atoms with Gasteiger partial charge in [0.15, 0.2) is 0 Å². The Balaban J connectivity index is 1.26. The second-order valence-corrected chi connectivity index (χ2v) is 11.3. The van der Waals surface area contributed by atoms with Gasteiger partial charge in [-0.3, -0.25) is 0 Å². The molecule has 1 aliphatic heterocycles. The third-order valence-electron chi connectivity index (χ3n) is 8.42. The molecule has 7 heteroatoms. The lowest BCUT2D eigenvalue weighted by molar-refractivity contribution is -0.132. The zero-order chi connectivity index (χ0) is 28.1. The lowest BCUT2D eigenvalue weighted by Gasteiger charge is -2.27. The highest BCUT2D eigenvalue weighted by Crippen LogP contribution is 2.53. The van der Waals surface area contributed by atoms with E-state index in [1.165, 1.54) is 59.6 Å². The van der Waals surface area contributed by atoms with Crippen LogP contribution in [0.1, 0.15) is 41.9 Å².